The Bertz CT molecular complexity index is 192. The maximum absolute atomic E-state index is 9.32. The van der Waals surface area contributed by atoms with E-state index in [2.05, 4.69) is 20.8 Å². The molecule has 2 heteroatoms. The second kappa shape index (κ2) is 14.1. The van der Waals surface area contributed by atoms with Gasteiger partial charge in [0, 0.05) is 0 Å². The first-order valence-corrected chi connectivity index (χ1v) is 10.6. The third-order valence-electron chi connectivity index (χ3n) is 4.39. The molecule has 0 heterocycles. The quantitative estimate of drug-likeness (QED) is 0.302. The van der Waals surface area contributed by atoms with Gasteiger partial charge >= 0.3 is 0 Å². The molecule has 0 aromatic heterocycles. The SMILES string of the molecule is CCCCCCCCCCCCCCCC(C)(C)[SiH2]O. The molecule has 0 amide bonds. The fraction of sp³-hybridized carbons (Fsp3) is 1.00. The Kier molecular flexibility index (Phi) is 14.3. The summed E-state index contributed by atoms with van der Waals surface area (Å²) in [6.07, 6.45) is 19.7. The lowest BCUT2D eigenvalue weighted by Gasteiger charge is -2.20. The van der Waals surface area contributed by atoms with Gasteiger partial charge in [0.1, 0.15) is 0 Å². The van der Waals surface area contributed by atoms with Gasteiger partial charge in [0.15, 0.2) is 9.76 Å². The highest BCUT2D eigenvalue weighted by Gasteiger charge is 2.15. The van der Waals surface area contributed by atoms with Crippen molar-refractivity contribution in [2.24, 2.45) is 0 Å². The summed E-state index contributed by atoms with van der Waals surface area (Å²) in [5, 5.41) is 0.276. The van der Waals surface area contributed by atoms with E-state index in [4.69, 9.17) is 0 Å². The average molecular weight is 301 g/mol. The van der Waals surface area contributed by atoms with Gasteiger partial charge in [-0.3, -0.25) is 0 Å². The molecule has 0 unspecified atom stereocenters. The smallest absolute Gasteiger partial charge is 0.162 e. The van der Waals surface area contributed by atoms with Gasteiger partial charge < -0.3 is 4.80 Å². The normalized spacial score (nSPS) is 12.6. The molecule has 0 rings (SSSR count). The topological polar surface area (TPSA) is 20.2 Å². The maximum Gasteiger partial charge on any atom is 0.162 e. The Morgan fingerprint density at radius 3 is 1.35 bits per heavy atom. The lowest BCUT2D eigenvalue weighted by molar-refractivity contribution is 0.471. The Hall–Kier alpha value is 0.177. The van der Waals surface area contributed by atoms with Gasteiger partial charge in [-0.05, 0) is 11.5 Å². The minimum atomic E-state index is -0.820. The Morgan fingerprint density at radius 1 is 0.650 bits per heavy atom. The van der Waals surface area contributed by atoms with Crippen LogP contribution in [-0.2, 0) is 0 Å². The van der Waals surface area contributed by atoms with Crippen LogP contribution < -0.4 is 0 Å². The summed E-state index contributed by atoms with van der Waals surface area (Å²) < 4.78 is 0. The molecule has 122 valence electrons. The average Bonchev–Trinajstić information content (AvgIpc) is 2.44. The van der Waals surface area contributed by atoms with Gasteiger partial charge in [0.2, 0.25) is 0 Å². The highest BCUT2D eigenvalue weighted by atomic mass is 28.2. The first-order chi connectivity index (χ1) is 9.62. The third kappa shape index (κ3) is 14.6. The molecule has 20 heavy (non-hydrogen) atoms. The molecule has 1 N–H and O–H groups in total. The fourth-order valence-electron chi connectivity index (χ4n) is 2.70. The van der Waals surface area contributed by atoms with E-state index in [1.54, 1.807) is 0 Å². The first kappa shape index (κ1) is 20.2. The van der Waals surface area contributed by atoms with E-state index in [-0.39, 0.29) is 5.04 Å². The van der Waals surface area contributed by atoms with E-state index < -0.39 is 9.76 Å². The Labute approximate surface area is 130 Å². The summed E-state index contributed by atoms with van der Waals surface area (Å²) >= 11 is 0. The van der Waals surface area contributed by atoms with E-state index in [0.29, 0.717) is 0 Å². The van der Waals surface area contributed by atoms with Crippen LogP contribution >= 0.6 is 0 Å². The number of rotatable bonds is 15. The zero-order valence-electron chi connectivity index (χ0n) is 14.6. The Morgan fingerprint density at radius 2 is 1.00 bits per heavy atom. The minimum Gasteiger partial charge on any atom is -0.438 e. The van der Waals surface area contributed by atoms with Crippen molar-refractivity contribution in [2.45, 2.75) is 116 Å². The molecule has 1 nitrogen and oxygen atoms in total. The molecule has 0 saturated carbocycles. The van der Waals surface area contributed by atoms with Crippen LogP contribution in [-0.4, -0.2) is 14.6 Å². The van der Waals surface area contributed by atoms with Crippen LogP contribution in [0, 0.1) is 0 Å². The van der Waals surface area contributed by atoms with Crippen molar-refractivity contribution in [3.63, 3.8) is 0 Å². The largest absolute Gasteiger partial charge is 0.438 e. The third-order valence-corrected chi connectivity index (χ3v) is 5.59. The van der Waals surface area contributed by atoms with Gasteiger partial charge in [-0.1, -0.05) is 104 Å². The first-order valence-electron chi connectivity index (χ1n) is 9.23. The zero-order chi connectivity index (χ0) is 15.1. The molecule has 0 aromatic rings. The van der Waals surface area contributed by atoms with Crippen LogP contribution in [0.2, 0.25) is 5.04 Å². The van der Waals surface area contributed by atoms with E-state index in [1.165, 1.54) is 89.9 Å². The molecule has 0 saturated heterocycles. The number of hydrogen-bond acceptors (Lipinski definition) is 1. The molecule has 0 aromatic carbocycles. The van der Waals surface area contributed by atoms with E-state index in [0.717, 1.165) is 0 Å². The standard InChI is InChI=1S/C18H40OSi/c1-4-5-6-7-8-9-10-11-12-13-14-15-16-17-18(2,3)20-19/h19H,4-17,20H2,1-3H3. The van der Waals surface area contributed by atoms with Gasteiger partial charge in [-0.2, -0.15) is 0 Å². The van der Waals surface area contributed by atoms with Crippen molar-refractivity contribution < 1.29 is 4.80 Å². The van der Waals surface area contributed by atoms with Crippen molar-refractivity contribution in [3.05, 3.63) is 0 Å². The van der Waals surface area contributed by atoms with Gasteiger partial charge in [-0.25, -0.2) is 0 Å². The highest BCUT2D eigenvalue weighted by molar-refractivity contribution is 6.30. The van der Waals surface area contributed by atoms with Gasteiger partial charge in [-0.15, -0.1) is 0 Å². The van der Waals surface area contributed by atoms with Gasteiger partial charge in [0.05, 0.1) is 0 Å². The van der Waals surface area contributed by atoms with E-state index in [1.807, 2.05) is 0 Å². The van der Waals surface area contributed by atoms with Crippen LogP contribution in [0.15, 0.2) is 0 Å². The minimum absolute atomic E-state index is 0.276. The molecule has 0 fully saturated rings. The summed E-state index contributed by atoms with van der Waals surface area (Å²) in [6, 6.07) is 0. The second-order valence-electron chi connectivity index (χ2n) is 7.31. The lowest BCUT2D eigenvalue weighted by Crippen LogP contribution is -2.11. The summed E-state index contributed by atoms with van der Waals surface area (Å²) in [6.45, 7) is 6.73. The summed E-state index contributed by atoms with van der Waals surface area (Å²) in [5.41, 5.74) is 0. The zero-order valence-corrected chi connectivity index (χ0v) is 16.0. The van der Waals surface area contributed by atoms with Crippen LogP contribution in [0.5, 0.6) is 0 Å². The summed E-state index contributed by atoms with van der Waals surface area (Å²) in [5.74, 6) is 0. The fourth-order valence-corrected chi connectivity index (χ4v) is 3.11. The second-order valence-corrected chi connectivity index (χ2v) is 9.55. The molecule has 0 atom stereocenters. The molecular formula is C18H40OSi. The molecule has 0 aliphatic carbocycles. The van der Waals surface area contributed by atoms with Crippen LogP contribution in [0.1, 0.15) is 111 Å². The monoisotopic (exact) mass is 300 g/mol. The van der Waals surface area contributed by atoms with E-state index >= 15 is 0 Å². The van der Waals surface area contributed by atoms with Crippen molar-refractivity contribution in [1.29, 1.82) is 0 Å². The van der Waals surface area contributed by atoms with Crippen molar-refractivity contribution >= 4 is 9.76 Å². The molecule has 0 aliphatic rings. The number of hydrogen-bond donors (Lipinski definition) is 1. The van der Waals surface area contributed by atoms with Crippen LogP contribution in [0.25, 0.3) is 0 Å². The maximum atomic E-state index is 9.32. The predicted molar refractivity (Wildman–Crippen MR) is 95.1 cm³/mol. The van der Waals surface area contributed by atoms with Gasteiger partial charge in [0.25, 0.3) is 0 Å². The predicted octanol–water partition coefficient (Wildman–Crippen LogP) is 5.74. The summed E-state index contributed by atoms with van der Waals surface area (Å²) in [4.78, 5) is 9.32. The van der Waals surface area contributed by atoms with Crippen molar-refractivity contribution in [3.8, 4) is 0 Å². The molecular weight excluding hydrogens is 260 g/mol. The van der Waals surface area contributed by atoms with Crippen molar-refractivity contribution in [2.75, 3.05) is 0 Å². The van der Waals surface area contributed by atoms with Crippen LogP contribution in [0.3, 0.4) is 0 Å². The lowest BCUT2D eigenvalue weighted by atomic mass is 10.0. The highest BCUT2D eigenvalue weighted by Crippen LogP contribution is 2.29. The summed E-state index contributed by atoms with van der Waals surface area (Å²) in [7, 11) is -0.820. The number of unbranched alkanes of at least 4 members (excludes halogenated alkanes) is 12. The molecule has 0 bridgehead atoms. The molecule has 0 aliphatic heterocycles. The molecule has 0 spiro atoms. The Balaban J connectivity index is 3.06. The van der Waals surface area contributed by atoms with Crippen molar-refractivity contribution in [1.82, 2.24) is 0 Å². The molecule has 0 radical (unpaired) electrons. The van der Waals surface area contributed by atoms with E-state index in [9.17, 15) is 4.80 Å². The van der Waals surface area contributed by atoms with Crippen LogP contribution in [0.4, 0.5) is 0 Å².